The minimum Gasteiger partial charge on any atom is -0.404 e. The highest BCUT2D eigenvalue weighted by molar-refractivity contribution is 6.23. The van der Waals surface area contributed by atoms with E-state index in [0.29, 0.717) is 24.8 Å². The first-order valence-electron chi connectivity index (χ1n) is 11.4. The van der Waals surface area contributed by atoms with Crippen LogP contribution < -0.4 is 11.5 Å². The van der Waals surface area contributed by atoms with Crippen LogP contribution in [-0.4, -0.2) is 31.5 Å². The largest absolute Gasteiger partial charge is 0.435 e. The van der Waals surface area contributed by atoms with E-state index in [2.05, 4.69) is 20.1 Å². The Balaban J connectivity index is 1.67. The van der Waals surface area contributed by atoms with Gasteiger partial charge in [-0.25, -0.2) is 9.97 Å². The molecule has 200 valence electrons. The van der Waals surface area contributed by atoms with Gasteiger partial charge in [-0.1, -0.05) is 30.3 Å². The number of halogens is 6. The number of alkyl halides is 6. The number of aromatic nitrogens is 4. The summed E-state index contributed by atoms with van der Waals surface area (Å²) >= 11 is 0. The predicted molar refractivity (Wildman–Crippen MR) is 125 cm³/mol. The Bertz CT molecular complexity index is 1410. The van der Waals surface area contributed by atoms with Gasteiger partial charge in [0.1, 0.15) is 18.1 Å². The number of amidine groups is 1. The average Bonchev–Trinajstić information content (AvgIpc) is 3.23. The zero-order chi connectivity index (χ0) is 27.7. The fourth-order valence-corrected chi connectivity index (χ4v) is 4.13. The van der Waals surface area contributed by atoms with Crippen LogP contribution in [-0.2, 0) is 36.5 Å². The maximum absolute atomic E-state index is 13.6. The van der Waals surface area contributed by atoms with E-state index in [1.54, 1.807) is 30.3 Å². The molecule has 0 spiro atoms. The van der Waals surface area contributed by atoms with Crippen molar-refractivity contribution in [2.24, 2.45) is 16.5 Å². The van der Waals surface area contributed by atoms with Crippen molar-refractivity contribution in [3.63, 3.8) is 0 Å². The number of benzene rings is 1. The van der Waals surface area contributed by atoms with Gasteiger partial charge in [0.2, 0.25) is 0 Å². The van der Waals surface area contributed by atoms with E-state index >= 15 is 0 Å². The van der Waals surface area contributed by atoms with Crippen molar-refractivity contribution in [1.29, 1.82) is 0 Å². The van der Waals surface area contributed by atoms with Gasteiger partial charge in [-0.15, -0.1) is 0 Å². The second kappa shape index (κ2) is 10.3. The van der Waals surface area contributed by atoms with Gasteiger partial charge in [0, 0.05) is 23.0 Å². The molecule has 1 amide bonds. The molecule has 2 aromatic heterocycles. The summed E-state index contributed by atoms with van der Waals surface area (Å²) in [5, 5.41) is 3.59. The summed E-state index contributed by atoms with van der Waals surface area (Å²) in [4.78, 5) is 23.9. The number of hydrogen-bond acceptors (Lipinski definition) is 5. The summed E-state index contributed by atoms with van der Waals surface area (Å²) in [5.41, 5.74) is 9.39. The summed E-state index contributed by atoms with van der Waals surface area (Å²) in [6.45, 7) is -0.657. The number of aliphatic imine (C=N–C) groups is 1. The van der Waals surface area contributed by atoms with Gasteiger partial charge in [0.05, 0.1) is 11.3 Å². The van der Waals surface area contributed by atoms with Crippen molar-refractivity contribution in [3.8, 4) is 11.3 Å². The number of fused-ring (bicyclic) bond motifs is 1. The van der Waals surface area contributed by atoms with E-state index in [4.69, 9.17) is 11.5 Å². The molecule has 1 aliphatic rings. The smallest absolute Gasteiger partial charge is 0.404 e. The van der Waals surface area contributed by atoms with Crippen molar-refractivity contribution in [2.75, 3.05) is 0 Å². The van der Waals surface area contributed by atoms with Crippen molar-refractivity contribution in [2.45, 2.75) is 44.6 Å². The number of nitrogens with zero attached hydrogens (tertiary/aromatic N) is 5. The zero-order valence-corrected chi connectivity index (χ0v) is 19.6. The fraction of sp³-hybridized carbons (Fsp3) is 0.292. The molecular formula is C24H21F6N7O. The average molecular weight is 537 g/mol. The molecule has 0 saturated heterocycles. The minimum atomic E-state index is -4.84. The first-order chi connectivity index (χ1) is 17.9. The van der Waals surface area contributed by atoms with Gasteiger partial charge in [-0.3, -0.25) is 9.48 Å². The van der Waals surface area contributed by atoms with Crippen LogP contribution >= 0.6 is 0 Å². The summed E-state index contributed by atoms with van der Waals surface area (Å²) in [5.74, 6) is -2.12. The van der Waals surface area contributed by atoms with Crippen LogP contribution in [0.4, 0.5) is 26.3 Å². The monoisotopic (exact) mass is 537 g/mol. The predicted octanol–water partition coefficient (Wildman–Crippen LogP) is 4.14. The van der Waals surface area contributed by atoms with E-state index in [1.165, 1.54) is 0 Å². The lowest BCUT2D eigenvalue weighted by atomic mass is 9.95. The number of carbonyl (C=O) groups excluding carboxylic acids is 1. The third-order valence-corrected chi connectivity index (χ3v) is 5.83. The molecule has 4 rings (SSSR count). The topological polar surface area (TPSA) is 125 Å². The van der Waals surface area contributed by atoms with Crippen LogP contribution in [0.15, 0.2) is 47.6 Å². The third kappa shape index (κ3) is 5.68. The Labute approximate surface area is 212 Å². The van der Waals surface area contributed by atoms with Gasteiger partial charge < -0.3 is 11.5 Å². The number of amides is 1. The van der Waals surface area contributed by atoms with E-state index in [-0.39, 0.29) is 28.9 Å². The molecule has 0 aliphatic heterocycles. The highest BCUT2D eigenvalue weighted by Gasteiger charge is 2.39. The Hall–Kier alpha value is -4.23. The zero-order valence-electron chi connectivity index (χ0n) is 19.6. The Morgan fingerprint density at radius 2 is 1.71 bits per heavy atom. The Morgan fingerprint density at radius 1 is 1.03 bits per heavy atom. The SMILES string of the molecule is NC=C(C(N)=NC(=O)Cn1nc(C(F)(F)F)c2c1CCCC2)c1nc(-c2ccccc2)cc(C(F)(F)F)n1. The minimum absolute atomic E-state index is 0.0434. The van der Waals surface area contributed by atoms with E-state index in [1.807, 2.05) is 0 Å². The van der Waals surface area contributed by atoms with E-state index in [0.717, 1.165) is 16.9 Å². The van der Waals surface area contributed by atoms with Crippen molar-refractivity contribution in [1.82, 2.24) is 19.7 Å². The lowest BCUT2D eigenvalue weighted by molar-refractivity contribution is -0.142. The summed E-state index contributed by atoms with van der Waals surface area (Å²) in [6, 6.07) is 8.72. The molecule has 14 heteroatoms. The molecule has 2 heterocycles. The van der Waals surface area contributed by atoms with Crippen LogP contribution in [0.2, 0.25) is 0 Å². The van der Waals surface area contributed by atoms with Crippen LogP contribution in [0.3, 0.4) is 0 Å². The quantitative estimate of drug-likeness (QED) is 0.286. The number of nitrogens with two attached hydrogens (primary N) is 2. The maximum Gasteiger partial charge on any atom is 0.435 e. The van der Waals surface area contributed by atoms with Crippen LogP contribution in [0, 0.1) is 0 Å². The van der Waals surface area contributed by atoms with Crippen LogP contribution in [0.1, 0.15) is 41.3 Å². The molecule has 38 heavy (non-hydrogen) atoms. The van der Waals surface area contributed by atoms with Gasteiger partial charge in [-0.2, -0.15) is 36.4 Å². The van der Waals surface area contributed by atoms with Crippen LogP contribution in [0.25, 0.3) is 16.8 Å². The molecule has 0 saturated carbocycles. The van der Waals surface area contributed by atoms with E-state index < -0.39 is 47.9 Å². The molecule has 1 aromatic carbocycles. The molecule has 0 bridgehead atoms. The first-order valence-corrected chi connectivity index (χ1v) is 11.4. The summed E-state index contributed by atoms with van der Waals surface area (Å²) < 4.78 is 81.9. The summed E-state index contributed by atoms with van der Waals surface area (Å²) in [6.07, 6.45) is -7.05. The molecule has 0 atom stereocenters. The number of rotatable bonds is 5. The molecule has 8 nitrogen and oxygen atoms in total. The second-order valence-corrected chi connectivity index (χ2v) is 8.43. The highest BCUT2D eigenvalue weighted by atomic mass is 19.4. The van der Waals surface area contributed by atoms with Crippen LogP contribution in [0.5, 0.6) is 0 Å². The molecule has 0 unspecified atom stereocenters. The Kier molecular flexibility index (Phi) is 7.24. The molecule has 3 aromatic rings. The first kappa shape index (κ1) is 26.8. The fourth-order valence-electron chi connectivity index (χ4n) is 4.13. The summed E-state index contributed by atoms with van der Waals surface area (Å²) in [7, 11) is 0. The lowest BCUT2D eigenvalue weighted by Crippen LogP contribution is -2.22. The highest BCUT2D eigenvalue weighted by Crippen LogP contribution is 2.36. The van der Waals surface area contributed by atoms with Gasteiger partial charge in [0.15, 0.2) is 11.5 Å². The number of carbonyl (C=O) groups is 1. The third-order valence-electron chi connectivity index (χ3n) is 5.83. The van der Waals surface area contributed by atoms with Gasteiger partial charge in [-0.05, 0) is 31.7 Å². The Morgan fingerprint density at radius 3 is 2.34 bits per heavy atom. The van der Waals surface area contributed by atoms with Crippen molar-refractivity contribution in [3.05, 3.63) is 71.1 Å². The number of hydrogen-bond donors (Lipinski definition) is 2. The van der Waals surface area contributed by atoms with Crippen molar-refractivity contribution >= 4 is 17.3 Å². The second-order valence-electron chi connectivity index (χ2n) is 8.43. The molecular weight excluding hydrogens is 516 g/mol. The van der Waals surface area contributed by atoms with Crippen molar-refractivity contribution < 1.29 is 31.1 Å². The lowest BCUT2D eigenvalue weighted by Gasteiger charge is -2.14. The standard InChI is InChI=1S/C24H21F6N7O/c25-23(26,27)18-10-16(13-6-2-1-3-7-13)33-22(34-18)15(11-31)21(32)35-19(38)12-37-17-9-5-4-8-14(17)20(36-37)24(28,29)30/h1-3,6-7,10-11H,4-5,8-9,12,31H2,(H2,32,35,38). The normalized spacial score (nSPS) is 14.9. The molecule has 1 aliphatic carbocycles. The molecule has 0 radical (unpaired) electrons. The molecule has 4 N–H and O–H groups in total. The maximum atomic E-state index is 13.6. The molecule has 0 fully saturated rings. The van der Waals surface area contributed by atoms with Gasteiger partial charge in [0.25, 0.3) is 5.91 Å². The van der Waals surface area contributed by atoms with E-state index in [9.17, 15) is 31.1 Å². The van der Waals surface area contributed by atoms with Gasteiger partial charge >= 0.3 is 12.4 Å².